The SMILES string of the molecule is CC1=CCN(C(=O)c2n[nH]c3ccccc23)CC1. The van der Waals surface area contributed by atoms with E-state index in [1.165, 1.54) is 5.57 Å². The zero-order valence-corrected chi connectivity index (χ0v) is 10.3. The Balaban J connectivity index is 1.93. The summed E-state index contributed by atoms with van der Waals surface area (Å²) < 4.78 is 0. The van der Waals surface area contributed by atoms with Crippen LogP contribution < -0.4 is 0 Å². The molecule has 3 rings (SSSR count). The molecule has 92 valence electrons. The van der Waals surface area contributed by atoms with Crippen LogP contribution in [0, 0.1) is 0 Å². The molecule has 0 saturated heterocycles. The first-order chi connectivity index (χ1) is 8.75. The van der Waals surface area contributed by atoms with Crippen LogP contribution in [-0.2, 0) is 0 Å². The quantitative estimate of drug-likeness (QED) is 0.779. The fourth-order valence-corrected chi connectivity index (χ4v) is 2.23. The third-order valence-corrected chi connectivity index (χ3v) is 3.40. The molecule has 1 aromatic carbocycles. The van der Waals surface area contributed by atoms with Crippen LogP contribution in [0.2, 0.25) is 0 Å². The molecule has 1 N–H and O–H groups in total. The minimum Gasteiger partial charge on any atom is -0.333 e. The molecule has 0 saturated carbocycles. The number of hydrogen-bond acceptors (Lipinski definition) is 2. The molecule has 0 aliphatic carbocycles. The van der Waals surface area contributed by atoms with E-state index in [9.17, 15) is 4.79 Å². The second-order valence-corrected chi connectivity index (χ2v) is 4.67. The zero-order valence-electron chi connectivity index (χ0n) is 10.3. The third kappa shape index (κ3) is 1.79. The van der Waals surface area contributed by atoms with Crippen molar-refractivity contribution in [3.63, 3.8) is 0 Å². The second-order valence-electron chi connectivity index (χ2n) is 4.67. The molecule has 2 heterocycles. The lowest BCUT2D eigenvalue weighted by Crippen LogP contribution is -2.34. The number of nitrogens with zero attached hydrogens (tertiary/aromatic N) is 2. The molecule has 18 heavy (non-hydrogen) atoms. The van der Waals surface area contributed by atoms with Crippen LogP contribution >= 0.6 is 0 Å². The standard InChI is InChI=1S/C14H15N3O/c1-10-6-8-17(9-7-10)14(18)13-11-4-2-3-5-12(11)15-16-13/h2-6H,7-9H2,1H3,(H,15,16). The number of carbonyl (C=O) groups is 1. The number of aromatic nitrogens is 2. The lowest BCUT2D eigenvalue weighted by molar-refractivity contribution is 0.0765. The van der Waals surface area contributed by atoms with Gasteiger partial charge in [-0.15, -0.1) is 0 Å². The van der Waals surface area contributed by atoms with Crippen LogP contribution in [0.1, 0.15) is 23.8 Å². The molecule has 4 nitrogen and oxygen atoms in total. The number of amides is 1. The lowest BCUT2D eigenvalue weighted by atomic mass is 10.1. The van der Waals surface area contributed by atoms with Gasteiger partial charge in [0.05, 0.1) is 5.52 Å². The number of nitrogens with one attached hydrogen (secondary N) is 1. The summed E-state index contributed by atoms with van der Waals surface area (Å²) in [5, 5.41) is 7.95. The number of carbonyl (C=O) groups excluding carboxylic acids is 1. The Morgan fingerprint density at radius 2 is 2.22 bits per heavy atom. The van der Waals surface area contributed by atoms with E-state index >= 15 is 0 Å². The van der Waals surface area contributed by atoms with Crippen molar-refractivity contribution in [3.8, 4) is 0 Å². The molecular weight excluding hydrogens is 226 g/mol. The first kappa shape index (κ1) is 11.0. The Labute approximate surface area is 105 Å². The number of benzene rings is 1. The summed E-state index contributed by atoms with van der Waals surface area (Å²) in [5.41, 5.74) is 2.79. The van der Waals surface area contributed by atoms with Crippen LogP contribution in [-0.4, -0.2) is 34.1 Å². The van der Waals surface area contributed by atoms with Gasteiger partial charge >= 0.3 is 0 Å². The van der Waals surface area contributed by atoms with Crippen molar-refractivity contribution in [2.45, 2.75) is 13.3 Å². The number of hydrogen-bond donors (Lipinski definition) is 1. The monoisotopic (exact) mass is 241 g/mol. The maximum absolute atomic E-state index is 12.4. The van der Waals surface area contributed by atoms with E-state index < -0.39 is 0 Å². The zero-order chi connectivity index (χ0) is 12.5. The normalized spacial score (nSPS) is 15.8. The topological polar surface area (TPSA) is 49.0 Å². The van der Waals surface area contributed by atoms with Crippen LogP contribution in [0.15, 0.2) is 35.9 Å². The summed E-state index contributed by atoms with van der Waals surface area (Å²) in [6, 6.07) is 7.72. The highest BCUT2D eigenvalue weighted by molar-refractivity contribution is 6.04. The van der Waals surface area contributed by atoms with Crippen LogP contribution in [0.3, 0.4) is 0 Å². The van der Waals surface area contributed by atoms with Crippen LogP contribution in [0.5, 0.6) is 0 Å². The Kier molecular flexibility index (Phi) is 2.63. The molecule has 0 fully saturated rings. The van der Waals surface area contributed by atoms with Gasteiger partial charge in [-0.05, 0) is 19.4 Å². The molecule has 1 aliphatic rings. The fourth-order valence-electron chi connectivity index (χ4n) is 2.23. The van der Waals surface area contributed by atoms with Gasteiger partial charge in [0.25, 0.3) is 5.91 Å². The molecule has 0 radical (unpaired) electrons. The summed E-state index contributed by atoms with van der Waals surface area (Å²) in [7, 11) is 0. The second kappa shape index (κ2) is 4.29. The minimum absolute atomic E-state index is 0.0104. The van der Waals surface area contributed by atoms with Crippen molar-refractivity contribution < 1.29 is 4.79 Å². The van der Waals surface area contributed by atoms with Crippen molar-refractivity contribution in [2.24, 2.45) is 0 Å². The maximum atomic E-state index is 12.4. The van der Waals surface area contributed by atoms with Gasteiger partial charge in [-0.1, -0.05) is 29.8 Å². The van der Waals surface area contributed by atoms with Gasteiger partial charge in [0.15, 0.2) is 5.69 Å². The summed E-state index contributed by atoms with van der Waals surface area (Å²) in [6.45, 7) is 3.57. The predicted octanol–water partition coefficient (Wildman–Crippen LogP) is 2.36. The third-order valence-electron chi connectivity index (χ3n) is 3.40. The molecule has 2 aromatic rings. The molecule has 4 heteroatoms. The Morgan fingerprint density at radius 3 is 3.00 bits per heavy atom. The molecular formula is C14H15N3O. The van der Waals surface area contributed by atoms with E-state index in [-0.39, 0.29) is 5.91 Å². The smallest absolute Gasteiger partial charge is 0.275 e. The van der Waals surface area contributed by atoms with E-state index in [1.54, 1.807) is 0 Å². The van der Waals surface area contributed by atoms with Crippen molar-refractivity contribution in [2.75, 3.05) is 13.1 Å². The fraction of sp³-hybridized carbons (Fsp3) is 0.286. The Hall–Kier alpha value is -2.10. The van der Waals surface area contributed by atoms with Crippen molar-refractivity contribution >= 4 is 16.8 Å². The van der Waals surface area contributed by atoms with Gasteiger partial charge < -0.3 is 4.90 Å². The van der Waals surface area contributed by atoms with Crippen LogP contribution in [0.4, 0.5) is 0 Å². The molecule has 1 aromatic heterocycles. The van der Waals surface area contributed by atoms with E-state index in [1.807, 2.05) is 29.2 Å². The first-order valence-corrected chi connectivity index (χ1v) is 6.14. The summed E-state index contributed by atoms with van der Waals surface area (Å²) in [5.74, 6) is 0.0104. The van der Waals surface area contributed by atoms with Crippen molar-refractivity contribution in [3.05, 3.63) is 41.6 Å². The molecule has 0 unspecified atom stereocenters. The first-order valence-electron chi connectivity index (χ1n) is 6.14. The van der Waals surface area contributed by atoms with E-state index in [4.69, 9.17) is 0 Å². The van der Waals surface area contributed by atoms with E-state index in [0.717, 1.165) is 23.9 Å². The molecule has 1 aliphatic heterocycles. The largest absolute Gasteiger partial charge is 0.333 e. The highest BCUT2D eigenvalue weighted by Gasteiger charge is 2.21. The van der Waals surface area contributed by atoms with E-state index in [2.05, 4.69) is 23.2 Å². The van der Waals surface area contributed by atoms with Gasteiger partial charge in [0.2, 0.25) is 0 Å². The average Bonchev–Trinajstić information content (AvgIpc) is 2.82. The van der Waals surface area contributed by atoms with Gasteiger partial charge in [-0.2, -0.15) is 5.10 Å². The van der Waals surface area contributed by atoms with Crippen molar-refractivity contribution in [1.29, 1.82) is 0 Å². The Morgan fingerprint density at radius 1 is 1.39 bits per heavy atom. The minimum atomic E-state index is 0.0104. The summed E-state index contributed by atoms with van der Waals surface area (Å²) >= 11 is 0. The number of fused-ring (bicyclic) bond motifs is 1. The highest BCUT2D eigenvalue weighted by atomic mass is 16.2. The molecule has 0 atom stereocenters. The van der Waals surface area contributed by atoms with Gasteiger partial charge in [0.1, 0.15) is 0 Å². The Bertz CT molecular complexity index is 627. The summed E-state index contributed by atoms with van der Waals surface area (Å²) in [6.07, 6.45) is 3.06. The number of H-pyrrole nitrogens is 1. The predicted molar refractivity (Wildman–Crippen MR) is 70.4 cm³/mol. The molecule has 0 bridgehead atoms. The molecule has 1 amide bonds. The number of aromatic amines is 1. The highest BCUT2D eigenvalue weighted by Crippen LogP contribution is 2.18. The number of para-hydroxylation sites is 1. The number of rotatable bonds is 1. The lowest BCUT2D eigenvalue weighted by Gasteiger charge is -2.24. The van der Waals surface area contributed by atoms with Gasteiger partial charge in [-0.3, -0.25) is 9.89 Å². The molecule has 0 spiro atoms. The maximum Gasteiger partial charge on any atom is 0.275 e. The average molecular weight is 241 g/mol. The van der Waals surface area contributed by atoms with Crippen LogP contribution in [0.25, 0.3) is 10.9 Å². The summed E-state index contributed by atoms with van der Waals surface area (Å²) in [4.78, 5) is 14.2. The van der Waals surface area contributed by atoms with Gasteiger partial charge in [0, 0.05) is 18.5 Å². The van der Waals surface area contributed by atoms with E-state index in [0.29, 0.717) is 12.2 Å². The van der Waals surface area contributed by atoms with Crippen molar-refractivity contribution in [1.82, 2.24) is 15.1 Å². The van der Waals surface area contributed by atoms with Gasteiger partial charge in [-0.25, -0.2) is 0 Å².